The van der Waals surface area contributed by atoms with Crippen molar-refractivity contribution in [3.05, 3.63) is 35.4 Å². The molecule has 0 amide bonds. The molecule has 0 spiro atoms. The highest BCUT2D eigenvalue weighted by molar-refractivity contribution is 5.29. The van der Waals surface area contributed by atoms with Crippen molar-refractivity contribution in [2.75, 3.05) is 6.61 Å². The van der Waals surface area contributed by atoms with Crippen LogP contribution in [0.5, 0.6) is 0 Å². The van der Waals surface area contributed by atoms with Gasteiger partial charge in [0.05, 0.1) is 12.7 Å². The topological polar surface area (TPSA) is 29.5 Å². The molecule has 1 fully saturated rings. The molecule has 76 valence electrons. The Hall–Kier alpha value is -0.860. The number of aryl methyl sites for hydroxylation is 1. The van der Waals surface area contributed by atoms with E-state index in [1.54, 1.807) is 0 Å². The van der Waals surface area contributed by atoms with E-state index < -0.39 is 5.60 Å². The van der Waals surface area contributed by atoms with Gasteiger partial charge in [0.2, 0.25) is 0 Å². The molecular formula is C12H16O2. The van der Waals surface area contributed by atoms with Crippen LogP contribution in [-0.2, 0) is 10.3 Å². The first-order valence-electron chi connectivity index (χ1n) is 5.04. The van der Waals surface area contributed by atoms with Crippen molar-refractivity contribution in [3.8, 4) is 0 Å². The summed E-state index contributed by atoms with van der Waals surface area (Å²) in [5.41, 5.74) is 1.36. The molecule has 1 N–H and O–H groups in total. The molecule has 14 heavy (non-hydrogen) atoms. The van der Waals surface area contributed by atoms with E-state index in [-0.39, 0.29) is 6.10 Å². The fraction of sp³-hybridized carbons (Fsp3) is 0.500. The molecule has 0 aliphatic carbocycles. The summed E-state index contributed by atoms with van der Waals surface area (Å²) >= 11 is 0. The second-order valence-electron chi connectivity index (χ2n) is 4.06. The summed E-state index contributed by atoms with van der Waals surface area (Å²) in [4.78, 5) is 0. The van der Waals surface area contributed by atoms with Crippen LogP contribution >= 0.6 is 0 Å². The molecule has 0 aromatic heterocycles. The van der Waals surface area contributed by atoms with E-state index in [0.29, 0.717) is 13.0 Å². The van der Waals surface area contributed by atoms with Gasteiger partial charge >= 0.3 is 0 Å². The van der Waals surface area contributed by atoms with E-state index >= 15 is 0 Å². The summed E-state index contributed by atoms with van der Waals surface area (Å²) in [5, 5.41) is 10.4. The molecule has 1 aliphatic heterocycles. The first-order chi connectivity index (χ1) is 6.63. The molecule has 1 saturated heterocycles. The summed E-state index contributed by atoms with van der Waals surface area (Å²) in [5.74, 6) is 0. The zero-order chi connectivity index (χ0) is 10.2. The van der Waals surface area contributed by atoms with Crippen LogP contribution in [0.3, 0.4) is 0 Å². The van der Waals surface area contributed by atoms with E-state index in [2.05, 4.69) is 0 Å². The van der Waals surface area contributed by atoms with Gasteiger partial charge in [-0.3, -0.25) is 0 Å². The fourth-order valence-corrected chi connectivity index (χ4v) is 2.03. The largest absolute Gasteiger partial charge is 0.382 e. The van der Waals surface area contributed by atoms with Crippen LogP contribution in [0, 0.1) is 6.92 Å². The lowest BCUT2D eigenvalue weighted by Crippen LogP contribution is -2.33. The van der Waals surface area contributed by atoms with Gasteiger partial charge in [-0.25, -0.2) is 0 Å². The van der Waals surface area contributed by atoms with Gasteiger partial charge in [0.25, 0.3) is 0 Å². The smallest absolute Gasteiger partial charge is 0.118 e. The van der Waals surface area contributed by atoms with Crippen LogP contribution < -0.4 is 0 Å². The first-order valence-corrected chi connectivity index (χ1v) is 5.04. The monoisotopic (exact) mass is 192 g/mol. The summed E-state index contributed by atoms with van der Waals surface area (Å²) in [6, 6.07) is 8.02. The Morgan fingerprint density at radius 3 is 2.86 bits per heavy atom. The second kappa shape index (κ2) is 3.37. The van der Waals surface area contributed by atoms with Crippen LogP contribution in [-0.4, -0.2) is 17.8 Å². The van der Waals surface area contributed by atoms with Crippen molar-refractivity contribution in [2.24, 2.45) is 0 Å². The number of hydrogen-bond donors (Lipinski definition) is 1. The fourth-order valence-electron chi connectivity index (χ4n) is 2.03. The quantitative estimate of drug-likeness (QED) is 0.737. The van der Waals surface area contributed by atoms with E-state index in [1.165, 1.54) is 5.56 Å². The first kappa shape index (κ1) is 9.69. The molecule has 0 saturated carbocycles. The van der Waals surface area contributed by atoms with E-state index in [4.69, 9.17) is 4.74 Å². The Labute approximate surface area is 84.5 Å². The zero-order valence-electron chi connectivity index (χ0n) is 8.66. The molecule has 1 heterocycles. The van der Waals surface area contributed by atoms with Gasteiger partial charge in [0, 0.05) is 6.42 Å². The lowest BCUT2D eigenvalue weighted by atomic mass is 9.87. The maximum atomic E-state index is 10.4. The summed E-state index contributed by atoms with van der Waals surface area (Å²) in [6.45, 7) is 4.61. The third-order valence-corrected chi connectivity index (χ3v) is 3.04. The van der Waals surface area contributed by atoms with E-state index in [1.807, 2.05) is 38.1 Å². The molecule has 1 aliphatic rings. The Bertz CT molecular complexity index is 335. The molecule has 2 heteroatoms. The zero-order valence-corrected chi connectivity index (χ0v) is 8.66. The van der Waals surface area contributed by atoms with Crippen LogP contribution in [0.25, 0.3) is 0 Å². The lowest BCUT2D eigenvalue weighted by Gasteiger charge is -2.26. The number of hydrogen-bond acceptors (Lipinski definition) is 2. The van der Waals surface area contributed by atoms with E-state index in [9.17, 15) is 5.11 Å². The minimum atomic E-state index is -0.786. The Balaban J connectivity index is 2.38. The molecule has 2 rings (SSSR count). The van der Waals surface area contributed by atoms with Crippen molar-refractivity contribution in [3.63, 3.8) is 0 Å². The third kappa shape index (κ3) is 1.45. The summed E-state index contributed by atoms with van der Waals surface area (Å²) < 4.78 is 5.41. The molecule has 0 radical (unpaired) electrons. The maximum Gasteiger partial charge on any atom is 0.118 e. The van der Waals surface area contributed by atoms with Crippen LogP contribution in [0.15, 0.2) is 24.3 Å². The normalized spacial score (nSPS) is 32.1. The molecule has 2 unspecified atom stereocenters. The SMILES string of the molecule is Cc1cccc(C2(O)CCOC2C)c1. The minimum absolute atomic E-state index is 0.107. The number of benzene rings is 1. The van der Waals surface area contributed by atoms with Crippen molar-refractivity contribution < 1.29 is 9.84 Å². The molecule has 2 atom stereocenters. The average molecular weight is 192 g/mol. The van der Waals surface area contributed by atoms with E-state index in [0.717, 1.165) is 5.56 Å². The number of ether oxygens (including phenoxy) is 1. The van der Waals surface area contributed by atoms with Gasteiger partial charge in [-0.2, -0.15) is 0 Å². The van der Waals surface area contributed by atoms with Crippen LogP contribution in [0.4, 0.5) is 0 Å². The van der Waals surface area contributed by atoms with Crippen molar-refractivity contribution >= 4 is 0 Å². The average Bonchev–Trinajstić information content (AvgIpc) is 2.49. The van der Waals surface area contributed by atoms with Gasteiger partial charge in [0.1, 0.15) is 5.60 Å². The maximum absolute atomic E-state index is 10.4. The Morgan fingerprint density at radius 1 is 1.50 bits per heavy atom. The third-order valence-electron chi connectivity index (χ3n) is 3.04. The van der Waals surface area contributed by atoms with Gasteiger partial charge in [-0.1, -0.05) is 29.8 Å². The number of aliphatic hydroxyl groups is 1. The van der Waals surface area contributed by atoms with Crippen molar-refractivity contribution in [2.45, 2.75) is 32.0 Å². The van der Waals surface area contributed by atoms with Gasteiger partial charge in [-0.15, -0.1) is 0 Å². The summed E-state index contributed by atoms with van der Waals surface area (Å²) in [6.07, 6.45) is 0.585. The molecule has 1 aromatic rings. The van der Waals surface area contributed by atoms with Crippen LogP contribution in [0.2, 0.25) is 0 Å². The van der Waals surface area contributed by atoms with Crippen molar-refractivity contribution in [1.29, 1.82) is 0 Å². The molecule has 0 bridgehead atoms. The van der Waals surface area contributed by atoms with Crippen LogP contribution in [0.1, 0.15) is 24.5 Å². The highest BCUT2D eigenvalue weighted by atomic mass is 16.5. The molecule has 2 nitrogen and oxygen atoms in total. The molecule has 1 aromatic carbocycles. The standard InChI is InChI=1S/C12H16O2/c1-9-4-3-5-11(8-9)12(13)6-7-14-10(12)2/h3-5,8,10,13H,6-7H2,1-2H3. The Kier molecular flexibility index (Phi) is 2.33. The Morgan fingerprint density at radius 2 is 2.29 bits per heavy atom. The lowest BCUT2D eigenvalue weighted by molar-refractivity contribution is -0.0317. The summed E-state index contributed by atoms with van der Waals surface area (Å²) in [7, 11) is 0. The van der Waals surface area contributed by atoms with Crippen molar-refractivity contribution in [1.82, 2.24) is 0 Å². The molecular weight excluding hydrogens is 176 g/mol. The highest BCUT2D eigenvalue weighted by Gasteiger charge is 2.40. The van der Waals surface area contributed by atoms with Gasteiger partial charge in [0.15, 0.2) is 0 Å². The second-order valence-corrected chi connectivity index (χ2v) is 4.06. The predicted molar refractivity (Wildman–Crippen MR) is 55.1 cm³/mol. The van der Waals surface area contributed by atoms with Gasteiger partial charge < -0.3 is 9.84 Å². The highest BCUT2D eigenvalue weighted by Crippen LogP contribution is 2.35. The predicted octanol–water partition coefficient (Wildman–Crippen LogP) is 1.99. The minimum Gasteiger partial charge on any atom is -0.382 e. The van der Waals surface area contributed by atoms with Gasteiger partial charge in [-0.05, 0) is 19.4 Å². The number of rotatable bonds is 1.